The molecule has 1 aliphatic carbocycles. The molecule has 0 spiro atoms. The molecule has 1 atom stereocenters. The van der Waals surface area contributed by atoms with Crippen LogP contribution in [-0.4, -0.2) is 54.7 Å². The Balaban J connectivity index is 1.52. The van der Waals surface area contributed by atoms with Gasteiger partial charge in [-0.25, -0.2) is 0 Å². The molecule has 1 N–H and O–H groups in total. The van der Waals surface area contributed by atoms with Crippen LogP contribution in [0.5, 0.6) is 0 Å². The number of pyridine rings is 1. The molecule has 5 heteroatoms. The quantitative estimate of drug-likeness (QED) is 0.910. The molecule has 132 valence electrons. The fourth-order valence-electron chi connectivity index (χ4n) is 3.49. The molecule has 1 aromatic carbocycles. The van der Waals surface area contributed by atoms with Crippen molar-refractivity contribution < 1.29 is 9.53 Å². The summed E-state index contributed by atoms with van der Waals surface area (Å²) in [6, 6.07) is 10.0. The van der Waals surface area contributed by atoms with Gasteiger partial charge >= 0.3 is 0 Å². The summed E-state index contributed by atoms with van der Waals surface area (Å²) in [7, 11) is 0. The van der Waals surface area contributed by atoms with Gasteiger partial charge in [-0.05, 0) is 31.9 Å². The van der Waals surface area contributed by atoms with E-state index in [2.05, 4.69) is 17.1 Å². The van der Waals surface area contributed by atoms with Crippen LogP contribution in [0.3, 0.4) is 0 Å². The van der Waals surface area contributed by atoms with Crippen molar-refractivity contribution in [2.24, 2.45) is 0 Å². The van der Waals surface area contributed by atoms with Crippen LogP contribution in [-0.2, 0) is 4.74 Å². The molecule has 0 radical (unpaired) electrons. The fraction of sp³-hybridized carbons (Fsp3) is 0.500. The lowest BCUT2D eigenvalue weighted by Crippen LogP contribution is -2.46. The van der Waals surface area contributed by atoms with E-state index < -0.39 is 0 Å². The van der Waals surface area contributed by atoms with Crippen LogP contribution in [0.15, 0.2) is 30.3 Å². The normalized spacial score (nSPS) is 19.7. The summed E-state index contributed by atoms with van der Waals surface area (Å²) in [5.74, 6) is 0.531. The van der Waals surface area contributed by atoms with Gasteiger partial charge in [-0.15, -0.1) is 0 Å². The molecule has 0 bridgehead atoms. The first-order valence-electron chi connectivity index (χ1n) is 9.21. The van der Waals surface area contributed by atoms with Gasteiger partial charge in [0, 0.05) is 42.7 Å². The number of para-hydroxylation sites is 1. The van der Waals surface area contributed by atoms with E-state index in [9.17, 15) is 4.79 Å². The Kier molecular flexibility index (Phi) is 4.68. The molecular weight excluding hydrogens is 314 g/mol. The minimum absolute atomic E-state index is 0.00117. The molecule has 1 amide bonds. The van der Waals surface area contributed by atoms with Gasteiger partial charge < -0.3 is 10.1 Å². The Morgan fingerprint density at radius 2 is 2.08 bits per heavy atom. The Morgan fingerprint density at radius 3 is 2.84 bits per heavy atom. The number of rotatable bonds is 5. The highest BCUT2D eigenvalue weighted by Crippen LogP contribution is 2.40. The Hall–Kier alpha value is -1.98. The molecule has 2 fully saturated rings. The number of ether oxygens (including phenoxy) is 1. The standard InChI is InChI=1S/C20H25N3O2/c1-14(13-23-8-10-25-11-9-23)21-20(24)17-12-19(15-6-7-15)22-18-5-3-2-4-16(17)18/h2-5,12,14-15H,6-11,13H2,1H3,(H,21,24). The van der Waals surface area contributed by atoms with Crippen molar-refractivity contribution in [1.82, 2.24) is 15.2 Å². The number of amides is 1. The van der Waals surface area contributed by atoms with Crippen LogP contribution in [0.2, 0.25) is 0 Å². The maximum atomic E-state index is 12.9. The number of aromatic nitrogens is 1. The van der Waals surface area contributed by atoms with Crippen molar-refractivity contribution in [3.05, 3.63) is 41.6 Å². The van der Waals surface area contributed by atoms with Crippen molar-refractivity contribution in [2.75, 3.05) is 32.8 Å². The number of morpholine rings is 1. The Morgan fingerprint density at radius 1 is 1.32 bits per heavy atom. The van der Waals surface area contributed by atoms with E-state index in [-0.39, 0.29) is 11.9 Å². The van der Waals surface area contributed by atoms with Crippen molar-refractivity contribution in [1.29, 1.82) is 0 Å². The maximum Gasteiger partial charge on any atom is 0.252 e. The lowest BCUT2D eigenvalue weighted by molar-refractivity contribution is 0.0342. The molecule has 2 heterocycles. The SMILES string of the molecule is CC(CN1CCOCC1)NC(=O)c1cc(C2CC2)nc2ccccc12. The van der Waals surface area contributed by atoms with Crippen molar-refractivity contribution in [2.45, 2.75) is 31.7 Å². The van der Waals surface area contributed by atoms with Crippen molar-refractivity contribution in [3.8, 4) is 0 Å². The van der Waals surface area contributed by atoms with Gasteiger partial charge in [-0.3, -0.25) is 14.7 Å². The van der Waals surface area contributed by atoms with Gasteiger partial charge in [0.25, 0.3) is 5.91 Å². The lowest BCUT2D eigenvalue weighted by Gasteiger charge is -2.29. The van der Waals surface area contributed by atoms with Crippen LogP contribution >= 0.6 is 0 Å². The predicted molar refractivity (Wildman–Crippen MR) is 97.9 cm³/mol. The number of hydrogen-bond acceptors (Lipinski definition) is 4. The molecule has 2 aliphatic rings. The second-order valence-electron chi connectivity index (χ2n) is 7.17. The second kappa shape index (κ2) is 7.10. The summed E-state index contributed by atoms with van der Waals surface area (Å²) < 4.78 is 5.39. The van der Waals surface area contributed by atoms with Gasteiger partial charge in [0.05, 0.1) is 24.3 Å². The van der Waals surface area contributed by atoms with E-state index in [1.54, 1.807) is 0 Å². The third-order valence-electron chi connectivity index (χ3n) is 4.99. The van der Waals surface area contributed by atoms with Crippen molar-refractivity contribution in [3.63, 3.8) is 0 Å². The topological polar surface area (TPSA) is 54.5 Å². The summed E-state index contributed by atoms with van der Waals surface area (Å²) in [6.07, 6.45) is 2.36. The van der Waals surface area contributed by atoms with Crippen LogP contribution in [0, 0.1) is 0 Å². The minimum atomic E-state index is 0.00117. The maximum absolute atomic E-state index is 12.9. The molecule has 1 aliphatic heterocycles. The third kappa shape index (κ3) is 3.83. The number of benzene rings is 1. The van der Waals surface area contributed by atoms with Crippen LogP contribution in [0.25, 0.3) is 10.9 Å². The zero-order valence-corrected chi connectivity index (χ0v) is 14.7. The number of nitrogens with zero attached hydrogens (tertiary/aromatic N) is 2. The molecule has 1 unspecified atom stereocenters. The van der Waals surface area contributed by atoms with Gasteiger partial charge in [-0.1, -0.05) is 18.2 Å². The number of carbonyl (C=O) groups excluding carboxylic acids is 1. The monoisotopic (exact) mass is 339 g/mol. The summed E-state index contributed by atoms with van der Waals surface area (Å²) in [4.78, 5) is 20.0. The molecular formula is C20H25N3O2. The Bertz CT molecular complexity index is 767. The van der Waals surface area contributed by atoms with Gasteiger partial charge in [0.15, 0.2) is 0 Å². The number of nitrogens with one attached hydrogen (secondary N) is 1. The first kappa shape index (κ1) is 16.5. The Labute approximate surface area is 148 Å². The number of hydrogen-bond donors (Lipinski definition) is 1. The lowest BCUT2D eigenvalue weighted by atomic mass is 10.0. The van der Waals surface area contributed by atoms with E-state index in [0.717, 1.165) is 55.0 Å². The molecule has 2 aromatic rings. The molecule has 4 rings (SSSR count). The summed E-state index contributed by atoms with van der Waals surface area (Å²) in [6.45, 7) is 6.35. The molecule has 25 heavy (non-hydrogen) atoms. The van der Waals surface area contributed by atoms with E-state index in [4.69, 9.17) is 9.72 Å². The first-order valence-corrected chi connectivity index (χ1v) is 9.21. The minimum Gasteiger partial charge on any atom is -0.379 e. The molecule has 1 saturated heterocycles. The highest BCUT2D eigenvalue weighted by Gasteiger charge is 2.27. The third-order valence-corrected chi connectivity index (χ3v) is 4.99. The molecule has 1 aromatic heterocycles. The first-order chi connectivity index (χ1) is 12.2. The smallest absolute Gasteiger partial charge is 0.252 e. The average molecular weight is 339 g/mol. The predicted octanol–water partition coefficient (Wildman–Crippen LogP) is 2.56. The van der Waals surface area contributed by atoms with Crippen LogP contribution < -0.4 is 5.32 Å². The number of carbonyl (C=O) groups is 1. The summed E-state index contributed by atoms with van der Waals surface area (Å²) in [5.41, 5.74) is 2.73. The van der Waals surface area contributed by atoms with E-state index in [1.807, 2.05) is 30.3 Å². The van der Waals surface area contributed by atoms with Gasteiger partial charge in [-0.2, -0.15) is 0 Å². The van der Waals surface area contributed by atoms with E-state index >= 15 is 0 Å². The number of fused-ring (bicyclic) bond motifs is 1. The molecule has 5 nitrogen and oxygen atoms in total. The zero-order chi connectivity index (χ0) is 17.2. The average Bonchev–Trinajstić information content (AvgIpc) is 3.46. The van der Waals surface area contributed by atoms with E-state index in [0.29, 0.717) is 5.92 Å². The zero-order valence-electron chi connectivity index (χ0n) is 14.7. The van der Waals surface area contributed by atoms with Crippen LogP contribution in [0.1, 0.15) is 41.7 Å². The van der Waals surface area contributed by atoms with Crippen LogP contribution in [0.4, 0.5) is 0 Å². The van der Waals surface area contributed by atoms with Gasteiger partial charge in [0.2, 0.25) is 0 Å². The summed E-state index contributed by atoms with van der Waals surface area (Å²) >= 11 is 0. The highest BCUT2D eigenvalue weighted by atomic mass is 16.5. The van der Waals surface area contributed by atoms with E-state index in [1.165, 1.54) is 12.8 Å². The second-order valence-corrected chi connectivity index (χ2v) is 7.17. The van der Waals surface area contributed by atoms with Crippen molar-refractivity contribution >= 4 is 16.8 Å². The summed E-state index contributed by atoms with van der Waals surface area (Å²) in [5, 5.41) is 4.11. The van der Waals surface area contributed by atoms with Gasteiger partial charge in [0.1, 0.15) is 0 Å². The molecule has 1 saturated carbocycles. The largest absolute Gasteiger partial charge is 0.379 e. The fourth-order valence-corrected chi connectivity index (χ4v) is 3.49. The highest BCUT2D eigenvalue weighted by molar-refractivity contribution is 6.06.